The molecule has 12 atom stereocenters. The van der Waals surface area contributed by atoms with Crippen molar-refractivity contribution in [3.05, 3.63) is 277 Å². The van der Waals surface area contributed by atoms with Crippen molar-refractivity contribution >= 4 is 110 Å². The van der Waals surface area contributed by atoms with Crippen LogP contribution >= 0.6 is 0 Å². The first kappa shape index (κ1) is 69.1. The van der Waals surface area contributed by atoms with Crippen LogP contribution in [-0.2, 0) is 21.7 Å². The zero-order valence-electron chi connectivity index (χ0n) is 68.8. The third-order valence-corrected chi connectivity index (χ3v) is 33.5. The summed E-state index contributed by atoms with van der Waals surface area (Å²) in [4.78, 5) is 11.0. The third kappa shape index (κ3) is 8.81. The standard InChI is InChI=1S/C110H106N4/c1-67-49-53-103(5)91-57-71(33-45-95(91)111(107(103,9)63-67)75-25-17-13-18-26-75)79-37-41-83-87-61-89-85-43-39-81(73-35-47-97-93(59-73)105(7)55-51-69(3)65-109(105,11)113(97)77-29-21-15-22-30-77)100-82(74-36-48-98-94(60-74)106(8)56-52-70(4)66-110(106,12)114(98)78-31-23-16-24-32-78)40-44-86(102(85)100)90(89)62-88(87)84-42-38-80(99(79)101(83)84)72-34-46-96-92(58-72)104(6)54-50-68(2)64-108(104,10)112(96)76-27-19-14-20-28-76/h13-48,57-62,67-70H,49-56,63-66H2,1-12H3. The maximum absolute atomic E-state index is 2.75. The largest absolute Gasteiger partial charge is 0.334 e. The van der Waals surface area contributed by atoms with Crippen LogP contribution < -0.4 is 19.6 Å². The molecule has 4 heterocycles. The topological polar surface area (TPSA) is 13.0 Å². The van der Waals surface area contributed by atoms with Crippen LogP contribution in [0.3, 0.4) is 0 Å². The van der Waals surface area contributed by atoms with Gasteiger partial charge in [-0.1, -0.05) is 201 Å². The van der Waals surface area contributed by atoms with Gasteiger partial charge in [0, 0.05) is 67.2 Å². The van der Waals surface area contributed by atoms with E-state index in [1.165, 1.54) is 203 Å². The van der Waals surface area contributed by atoms with E-state index in [0.29, 0.717) is 23.7 Å². The average Bonchev–Trinajstić information content (AvgIpc) is 1.54. The molecule has 114 heavy (non-hydrogen) atoms. The summed E-state index contributed by atoms with van der Waals surface area (Å²) < 4.78 is 0. The lowest BCUT2D eigenvalue weighted by atomic mass is 9.59. The van der Waals surface area contributed by atoms with Crippen molar-refractivity contribution in [3.63, 3.8) is 0 Å². The molecule has 4 aliphatic carbocycles. The summed E-state index contributed by atoms with van der Waals surface area (Å²) in [6.45, 7) is 30.7. The van der Waals surface area contributed by atoms with Crippen molar-refractivity contribution in [2.45, 2.75) is 204 Å². The Bertz CT molecular complexity index is 5750. The quantitative estimate of drug-likeness (QED) is 0.150. The Morgan fingerprint density at radius 2 is 0.447 bits per heavy atom. The van der Waals surface area contributed by atoms with Crippen LogP contribution in [0.25, 0.3) is 109 Å². The number of nitrogens with zero attached hydrogens (tertiary/aromatic N) is 4. The molecule has 0 radical (unpaired) electrons. The summed E-state index contributed by atoms with van der Waals surface area (Å²) in [5.74, 6) is 2.55. The Kier molecular flexibility index (Phi) is 14.3. The second-order valence-corrected chi connectivity index (χ2v) is 39.5. The van der Waals surface area contributed by atoms with Crippen molar-refractivity contribution in [3.8, 4) is 44.5 Å². The van der Waals surface area contributed by atoms with E-state index < -0.39 is 0 Å². The van der Waals surface area contributed by atoms with Crippen molar-refractivity contribution in [1.82, 2.24) is 0 Å². The average molecular weight is 1480 g/mol. The van der Waals surface area contributed by atoms with Gasteiger partial charge in [-0.15, -0.1) is 0 Å². The molecule has 0 spiro atoms. The second-order valence-electron chi connectivity index (χ2n) is 39.5. The molecule has 0 N–H and O–H groups in total. The van der Waals surface area contributed by atoms with Gasteiger partial charge in [0.15, 0.2) is 0 Å². The van der Waals surface area contributed by atoms with Gasteiger partial charge in [-0.25, -0.2) is 0 Å². The Balaban J connectivity index is 0.758. The molecule has 4 fully saturated rings. The number of benzene rings is 13. The molecule has 0 aromatic heterocycles. The van der Waals surface area contributed by atoms with E-state index in [1.54, 1.807) is 0 Å². The lowest BCUT2D eigenvalue weighted by Crippen LogP contribution is -2.56. The van der Waals surface area contributed by atoms with Gasteiger partial charge in [0.1, 0.15) is 0 Å². The molecule has 566 valence electrons. The zero-order chi connectivity index (χ0) is 77.3. The fraction of sp³-hybridized carbons (Fsp3) is 0.327. The number of hydrogen-bond acceptors (Lipinski definition) is 4. The molecule has 15 aromatic rings. The summed E-state index contributed by atoms with van der Waals surface area (Å²) in [7, 11) is 0. The zero-order valence-corrected chi connectivity index (χ0v) is 68.8. The molecule has 4 heteroatoms. The van der Waals surface area contributed by atoms with Gasteiger partial charge in [0.2, 0.25) is 0 Å². The summed E-state index contributed by atoms with van der Waals surface area (Å²) in [5, 5.41) is 16.2. The number of rotatable bonds is 8. The summed E-state index contributed by atoms with van der Waals surface area (Å²) >= 11 is 0. The maximum Gasteiger partial charge on any atom is 0.0520 e. The molecular formula is C110H106N4. The highest BCUT2D eigenvalue weighted by Crippen LogP contribution is 2.68. The first-order chi connectivity index (χ1) is 55.1. The lowest BCUT2D eigenvalue weighted by Gasteiger charge is -2.52. The minimum atomic E-state index is -0.0861. The number of fused-ring (bicyclic) bond motifs is 18. The van der Waals surface area contributed by atoms with Gasteiger partial charge < -0.3 is 19.6 Å². The molecule has 23 rings (SSSR count). The molecule has 0 amide bonds. The van der Waals surface area contributed by atoms with Crippen LogP contribution in [0.15, 0.2) is 255 Å². The summed E-state index contributed by atoms with van der Waals surface area (Å²) in [6.07, 6.45) is 14.2. The molecular weight excluding hydrogens is 1380 g/mol. The van der Waals surface area contributed by atoms with Gasteiger partial charge >= 0.3 is 0 Å². The smallest absolute Gasteiger partial charge is 0.0520 e. The molecule has 4 aliphatic heterocycles. The van der Waals surface area contributed by atoms with Crippen LogP contribution in [0.2, 0.25) is 0 Å². The predicted octanol–water partition coefficient (Wildman–Crippen LogP) is 30.1. The van der Waals surface area contributed by atoms with E-state index in [0.717, 1.165) is 51.4 Å². The first-order valence-electron chi connectivity index (χ1n) is 43.5. The molecule has 4 saturated carbocycles. The number of hydrogen-bond donors (Lipinski definition) is 0. The van der Waals surface area contributed by atoms with Crippen LogP contribution in [-0.4, -0.2) is 22.2 Å². The monoisotopic (exact) mass is 1480 g/mol. The summed E-state index contributed by atoms with van der Waals surface area (Å²) in [6, 6.07) is 102. The van der Waals surface area contributed by atoms with E-state index in [-0.39, 0.29) is 43.8 Å². The molecule has 15 aromatic carbocycles. The Morgan fingerprint density at radius 1 is 0.228 bits per heavy atom. The highest BCUT2D eigenvalue weighted by molar-refractivity contribution is 6.40. The molecule has 0 bridgehead atoms. The molecule has 8 aliphatic rings. The number of para-hydroxylation sites is 4. The van der Waals surface area contributed by atoms with Gasteiger partial charge in [0.25, 0.3) is 0 Å². The maximum atomic E-state index is 2.75. The van der Waals surface area contributed by atoms with Gasteiger partial charge in [-0.2, -0.15) is 0 Å². The Hall–Kier alpha value is -10.4. The normalized spacial score (nSPS) is 29.4. The van der Waals surface area contributed by atoms with Gasteiger partial charge in [0.05, 0.1) is 22.2 Å². The van der Waals surface area contributed by atoms with Crippen LogP contribution in [0.5, 0.6) is 0 Å². The van der Waals surface area contributed by atoms with Gasteiger partial charge in [-0.05, 0) is 369 Å². The van der Waals surface area contributed by atoms with E-state index in [2.05, 4.69) is 357 Å². The first-order valence-corrected chi connectivity index (χ1v) is 43.5. The third-order valence-electron chi connectivity index (χ3n) is 33.5. The van der Waals surface area contributed by atoms with Crippen molar-refractivity contribution in [2.75, 3.05) is 19.6 Å². The lowest BCUT2D eigenvalue weighted by molar-refractivity contribution is 0.154. The SMILES string of the molecule is CC1CCC2(C)c3cc(-c4ccc5c6cc7c(cc6c6ccc(-c8ccc9c(c8)C8(C)CCC(C)CC8(C)N9c8ccccc8)c4c56)c4ccc(-c5ccc6c(c5)C5(C)CCC(C)CC5(C)N6c5ccccc5)c5c(-c6ccc8c(c6)C6(C)CCC(C)CC6(C)N8c6ccccc6)ccc7c54)ccc3N(c3ccccc3)C2(C)C1. The minimum absolute atomic E-state index is 0.0556. The predicted molar refractivity (Wildman–Crippen MR) is 485 cm³/mol. The second kappa shape index (κ2) is 23.6. The Morgan fingerprint density at radius 3 is 0.667 bits per heavy atom. The molecule has 4 nitrogen and oxygen atoms in total. The minimum Gasteiger partial charge on any atom is -0.334 e. The highest BCUT2D eigenvalue weighted by atomic mass is 15.3. The Labute approximate surface area is 674 Å². The summed E-state index contributed by atoms with van der Waals surface area (Å²) in [5.41, 5.74) is 26.5. The van der Waals surface area contributed by atoms with Crippen molar-refractivity contribution in [1.29, 1.82) is 0 Å². The van der Waals surface area contributed by atoms with Crippen molar-refractivity contribution < 1.29 is 0 Å². The van der Waals surface area contributed by atoms with E-state index in [9.17, 15) is 0 Å². The fourth-order valence-electron chi connectivity index (χ4n) is 27.1. The highest BCUT2D eigenvalue weighted by Gasteiger charge is 2.63. The van der Waals surface area contributed by atoms with E-state index in [1.807, 2.05) is 0 Å². The fourth-order valence-corrected chi connectivity index (χ4v) is 27.1. The molecule has 0 saturated heterocycles. The van der Waals surface area contributed by atoms with Crippen LogP contribution in [0.1, 0.15) is 182 Å². The van der Waals surface area contributed by atoms with Crippen molar-refractivity contribution in [2.24, 2.45) is 23.7 Å². The number of anilines is 8. The van der Waals surface area contributed by atoms with Gasteiger partial charge in [-0.3, -0.25) is 0 Å². The van der Waals surface area contributed by atoms with Crippen LogP contribution in [0.4, 0.5) is 45.5 Å². The van der Waals surface area contributed by atoms with Crippen LogP contribution in [0, 0.1) is 23.7 Å². The molecule has 12 unspecified atom stereocenters. The van der Waals surface area contributed by atoms with E-state index >= 15 is 0 Å². The van der Waals surface area contributed by atoms with E-state index in [4.69, 9.17) is 0 Å².